The summed E-state index contributed by atoms with van der Waals surface area (Å²) < 4.78 is 5.61. The number of hydrogen-bond donors (Lipinski definition) is 5. The third-order valence-corrected chi connectivity index (χ3v) is 5.18. The number of phenols is 2. The first kappa shape index (κ1) is 27.4. The first-order chi connectivity index (χ1) is 18.2. The minimum atomic E-state index is -0.918. The molecule has 0 heterocycles. The summed E-state index contributed by atoms with van der Waals surface area (Å²) in [6, 6.07) is 20.4. The highest BCUT2D eigenvalue weighted by molar-refractivity contribution is 6.09. The van der Waals surface area contributed by atoms with Crippen molar-refractivity contribution >= 4 is 35.2 Å². The number of carbonyl (C=O) groups is 3. The molecule has 0 aromatic heterocycles. The lowest BCUT2D eigenvalue weighted by Crippen LogP contribution is -2.46. The van der Waals surface area contributed by atoms with Gasteiger partial charge in [-0.25, -0.2) is 0 Å². The SMILES string of the molecule is CC(=O)N[C@H](COCc1ccccc1)C(=O)Nc1ccc(NC(=O)C(C#N)=Cc2ccc(O)c(O)c2)cc1. The van der Waals surface area contributed by atoms with E-state index in [4.69, 9.17) is 4.74 Å². The number of rotatable bonds is 10. The van der Waals surface area contributed by atoms with E-state index in [-0.39, 0.29) is 36.2 Å². The Kier molecular flexibility index (Phi) is 9.57. The molecule has 0 saturated carbocycles. The number of phenolic OH excluding ortho intramolecular Hbond substituents is 2. The Morgan fingerprint density at radius 1 is 0.947 bits per heavy atom. The zero-order chi connectivity index (χ0) is 27.5. The van der Waals surface area contributed by atoms with Crippen molar-refractivity contribution in [2.24, 2.45) is 0 Å². The van der Waals surface area contributed by atoms with Crippen LogP contribution in [0, 0.1) is 11.3 Å². The highest BCUT2D eigenvalue weighted by Gasteiger charge is 2.20. The molecule has 0 radical (unpaired) electrons. The lowest BCUT2D eigenvalue weighted by molar-refractivity contribution is -0.126. The molecule has 0 saturated heterocycles. The Balaban J connectivity index is 1.59. The fourth-order valence-electron chi connectivity index (χ4n) is 3.31. The van der Waals surface area contributed by atoms with Crippen molar-refractivity contribution < 1.29 is 29.3 Å². The van der Waals surface area contributed by atoms with E-state index < -0.39 is 17.9 Å². The summed E-state index contributed by atoms with van der Waals surface area (Å²) in [5.74, 6) is -2.23. The number of nitrogens with zero attached hydrogens (tertiary/aromatic N) is 1. The summed E-state index contributed by atoms with van der Waals surface area (Å²) in [7, 11) is 0. The number of nitriles is 1. The average Bonchev–Trinajstić information content (AvgIpc) is 2.90. The second kappa shape index (κ2) is 13.2. The Hall–Kier alpha value is -5.14. The lowest BCUT2D eigenvalue weighted by Gasteiger charge is -2.18. The fraction of sp³-hybridized carbons (Fsp3) is 0.143. The number of carbonyl (C=O) groups excluding carboxylic acids is 3. The van der Waals surface area contributed by atoms with Gasteiger partial charge in [0.15, 0.2) is 11.5 Å². The second-order valence-electron chi connectivity index (χ2n) is 8.19. The maximum Gasteiger partial charge on any atom is 0.266 e. The number of aromatic hydroxyl groups is 2. The van der Waals surface area contributed by atoms with Crippen molar-refractivity contribution in [2.75, 3.05) is 17.2 Å². The van der Waals surface area contributed by atoms with Gasteiger partial charge in [-0.05, 0) is 53.6 Å². The molecule has 0 unspecified atom stereocenters. The monoisotopic (exact) mass is 514 g/mol. The van der Waals surface area contributed by atoms with E-state index in [0.717, 1.165) is 5.56 Å². The normalized spacial score (nSPS) is 11.6. The molecule has 0 bridgehead atoms. The van der Waals surface area contributed by atoms with Crippen LogP contribution < -0.4 is 16.0 Å². The molecule has 10 nitrogen and oxygen atoms in total. The van der Waals surface area contributed by atoms with Gasteiger partial charge in [0.2, 0.25) is 11.8 Å². The van der Waals surface area contributed by atoms with E-state index in [1.54, 1.807) is 18.2 Å². The van der Waals surface area contributed by atoms with Gasteiger partial charge in [0, 0.05) is 18.3 Å². The highest BCUT2D eigenvalue weighted by atomic mass is 16.5. The van der Waals surface area contributed by atoms with Crippen molar-refractivity contribution in [3.8, 4) is 17.6 Å². The molecule has 3 aromatic rings. The minimum absolute atomic E-state index is 0.0312. The highest BCUT2D eigenvalue weighted by Crippen LogP contribution is 2.26. The average molecular weight is 515 g/mol. The van der Waals surface area contributed by atoms with Gasteiger partial charge in [-0.1, -0.05) is 36.4 Å². The molecular weight excluding hydrogens is 488 g/mol. The van der Waals surface area contributed by atoms with Crippen molar-refractivity contribution in [1.29, 1.82) is 5.26 Å². The molecule has 0 fully saturated rings. The van der Waals surface area contributed by atoms with Crippen LogP contribution in [0.4, 0.5) is 11.4 Å². The molecule has 3 amide bonds. The molecule has 0 aliphatic rings. The van der Waals surface area contributed by atoms with Crippen LogP contribution in [0.2, 0.25) is 0 Å². The van der Waals surface area contributed by atoms with Crippen LogP contribution in [0.5, 0.6) is 11.5 Å². The minimum Gasteiger partial charge on any atom is -0.504 e. The zero-order valence-electron chi connectivity index (χ0n) is 20.5. The van der Waals surface area contributed by atoms with Crippen molar-refractivity contribution in [3.05, 3.63) is 89.5 Å². The van der Waals surface area contributed by atoms with Gasteiger partial charge in [-0.15, -0.1) is 0 Å². The first-order valence-electron chi connectivity index (χ1n) is 11.5. The van der Waals surface area contributed by atoms with Gasteiger partial charge in [0.05, 0.1) is 13.2 Å². The Bertz CT molecular complexity index is 1360. The summed E-state index contributed by atoms with van der Waals surface area (Å²) in [4.78, 5) is 36.8. The summed E-state index contributed by atoms with van der Waals surface area (Å²) in [5.41, 5.74) is 1.85. The molecule has 3 aromatic carbocycles. The predicted octanol–water partition coefficient (Wildman–Crippen LogP) is 3.30. The van der Waals surface area contributed by atoms with Gasteiger partial charge in [0.1, 0.15) is 17.7 Å². The number of ether oxygens (including phenoxy) is 1. The van der Waals surface area contributed by atoms with E-state index in [1.165, 1.54) is 43.3 Å². The van der Waals surface area contributed by atoms with Crippen LogP contribution in [0.1, 0.15) is 18.1 Å². The predicted molar refractivity (Wildman–Crippen MR) is 141 cm³/mol. The van der Waals surface area contributed by atoms with Crippen molar-refractivity contribution in [1.82, 2.24) is 5.32 Å². The van der Waals surface area contributed by atoms with E-state index in [0.29, 0.717) is 16.9 Å². The zero-order valence-corrected chi connectivity index (χ0v) is 20.5. The topological polar surface area (TPSA) is 161 Å². The van der Waals surface area contributed by atoms with Crippen LogP contribution in [-0.4, -0.2) is 40.6 Å². The molecule has 1 atom stereocenters. The van der Waals surface area contributed by atoms with E-state index in [1.807, 2.05) is 30.3 Å². The van der Waals surface area contributed by atoms with Crippen LogP contribution >= 0.6 is 0 Å². The van der Waals surface area contributed by atoms with E-state index >= 15 is 0 Å². The van der Waals surface area contributed by atoms with Gasteiger partial charge >= 0.3 is 0 Å². The summed E-state index contributed by atoms with van der Waals surface area (Å²) in [5, 5.41) is 36.2. The largest absolute Gasteiger partial charge is 0.504 e. The molecular formula is C28H26N4O6. The summed E-state index contributed by atoms with van der Waals surface area (Å²) >= 11 is 0. The molecule has 0 spiro atoms. The smallest absolute Gasteiger partial charge is 0.266 e. The van der Waals surface area contributed by atoms with Gasteiger partial charge < -0.3 is 30.9 Å². The summed E-state index contributed by atoms with van der Waals surface area (Å²) in [6.45, 7) is 1.56. The molecule has 0 aliphatic heterocycles. The van der Waals surface area contributed by atoms with E-state index in [2.05, 4.69) is 16.0 Å². The quantitative estimate of drug-likeness (QED) is 0.158. The maximum atomic E-state index is 12.7. The number of benzene rings is 3. The van der Waals surface area contributed by atoms with Gasteiger partial charge in [-0.2, -0.15) is 5.26 Å². The number of hydrogen-bond acceptors (Lipinski definition) is 7. The first-order valence-corrected chi connectivity index (χ1v) is 11.5. The Morgan fingerprint density at radius 3 is 2.21 bits per heavy atom. The Morgan fingerprint density at radius 2 is 1.61 bits per heavy atom. The van der Waals surface area contributed by atoms with Crippen molar-refractivity contribution in [2.45, 2.75) is 19.6 Å². The third kappa shape index (κ3) is 8.22. The lowest BCUT2D eigenvalue weighted by atomic mass is 10.1. The number of amides is 3. The molecule has 0 aliphatic carbocycles. The Labute approximate surface area is 219 Å². The second-order valence-corrected chi connectivity index (χ2v) is 8.19. The van der Waals surface area contributed by atoms with Crippen LogP contribution in [0.3, 0.4) is 0 Å². The van der Waals surface area contributed by atoms with Crippen LogP contribution in [0.25, 0.3) is 6.08 Å². The van der Waals surface area contributed by atoms with E-state index in [9.17, 15) is 29.9 Å². The maximum absolute atomic E-state index is 12.7. The molecule has 5 N–H and O–H groups in total. The number of anilines is 2. The number of nitrogens with one attached hydrogen (secondary N) is 3. The van der Waals surface area contributed by atoms with Gasteiger partial charge in [0.25, 0.3) is 5.91 Å². The molecule has 10 heteroatoms. The molecule has 194 valence electrons. The molecule has 38 heavy (non-hydrogen) atoms. The van der Waals surface area contributed by atoms with Gasteiger partial charge in [-0.3, -0.25) is 14.4 Å². The van der Waals surface area contributed by atoms with Crippen LogP contribution in [-0.2, 0) is 25.7 Å². The standard InChI is InChI=1S/C28H26N4O6/c1-18(33)30-24(17-38-16-19-5-3-2-4-6-19)28(37)32-23-10-8-22(9-11-23)31-27(36)21(15-29)13-20-7-12-25(34)26(35)14-20/h2-14,24,34-35H,16-17H2,1H3,(H,30,33)(H,31,36)(H,32,37)/t24-/m1/s1. The third-order valence-electron chi connectivity index (χ3n) is 5.18. The summed E-state index contributed by atoms with van der Waals surface area (Å²) in [6.07, 6.45) is 1.27. The molecule has 3 rings (SSSR count). The van der Waals surface area contributed by atoms with Crippen molar-refractivity contribution in [3.63, 3.8) is 0 Å². The van der Waals surface area contributed by atoms with Crippen LogP contribution in [0.15, 0.2) is 78.4 Å². The fourth-order valence-corrected chi connectivity index (χ4v) is 3.31.